The first-order chi connectivity index (χ1) is 11.7. The van der Waals surface area contributed by atoms with Crippen molar-refractivity contribution in [2.24, 2.45) is 4.99 Å². The summed E-state index contributed by atoms with van der Waals surface area (Å²) < 4.78 is 16.5. The van der Waals surface area contributed by atoms with Crippen LogP contribution in [0.3, 0.4) is 0 Å². The second-order valence-electron chi connectivity index (χ2n) is 5.46. The Hall–Kier alpha value is -2.72. The summed E-state index contributed by atoms with van der Waals surface area (Å²) in [4.78, 5) is 4.42. The van der Waals surface area contributed by atoms with E-state index in [1.807, 2.05) is 55.5 Å². The minimum Gasteiger partial charge on any atom is -0.455 e. The lowest BCUT2D eigenvalue weighted by molar-refractivity contribution is 0.174. The SMILES string of the molecule is Cc1ccc(Cl)cc1-c1ccc(C=Nc2ccc3c(c2)OCO3)o1. The Morgan fingerprint density at radius 3 is 2.79 bits per heavy atom. The molecule has 0 saturated heterocycles. The molecule has 0 amide bonds. The lowest BCUT2D eigenvalue weighted by Gasteiger charge is -2.02. The number of furan rings is 1. The summed E-state index contributed by atoms with van der Waals surface area (Å²) in [6, 6.07) is 15.1. The van der Waals surface area contributed by atoms with Crippen LogP contribution in [-0.2, 0) is 0 Å². The lowest BCUT2D eigenvalue weighted by Crippen LogP contribution is -1.92. The molecule has 4 rings (SSSR count). The minimum atomic E-state index is 0.253. The number of benzene rings is 2. The predicted molar refractivity (Wildman–Crippen MR) is 93.7 cm³/mol. The molecule has 1 aromatic heterocycles. The second kappa shape index (κ2) is 6.06. The average molecular weight is 340 g/mol. The molecule has 0 unspecified atom stereocenters. The van der Waals surface area contributed by atoms with Gasteiger partial charge in [-0.25, -0.2) is 0 Å². The van der Waals surface area contributed by atoms with Crippen molar-refractivity contribution in [1.29, 1.82) is 0 Å². The van der Waals surface area contributed by atoms with Crippen LogP contribution in [0.15, 0.2) is 57.9 Å². The Labute approximate surface area is 144 Å². The molecule has 0 spiro atoms. The fraction of sp³-hybridized carbons (Fsp3) is 0.105. The van der Waals surface area contributed by atoms with Crippen molar-refractivity contribution >= 4 is 23.5 Å². The van der Waals surface area contributed by atoms with Gasteiger partial charge in [-0.2, -0.15) is 0 Å². The number of fused-ring (bicyclic) bond motifs is 1. The molecule has 4 nitrogen and oxygen atoms in total. The van der Waals surface area contributed by atoms with Crippen LogP contribution in [0.1, 0.15) is 11.3 Å². The van der Waals surface area contributed by atoms with Gasteiger partial charge >= 0.3 is 0 Å². The molecule has 5 heteroatoms. The van der Waals surface area contributed by atoms with E-state index in [0.717, 1.165) is 28.3 Å². The van der Waals surface area contributed by atoms with Crippen LogP contribution in [0.25, 0.3) is 11.3 Å². The van der Waals surface area contributed by atoms with E-state index in [1.165, 1.54) is 0 Å². The quantitative estimate of drug-likeness (QED) is 0.601. The van der Waals surface area contributed by atoms with Gasteiger partial charge in [0.2, 0.25) is 6.79 Å². The van der Waals surface area contributed by atoms with Gasteiger partial charge in [-0.05, 0) is 48.9 Å². The van der Waals surface area contributed by atoms with E-state index >= 15 is 0 Å². The topological polar surface area (TPSA) is 44.0 Å². The monoisotopic (exact) mass is 339 g/mol. The largest absolute Gasteiger partial charge is 0.455 e. The smallest absolute Gasteiger partial charge is 0.231 e. The molecule has 3 aromatic rings. The van der Waals surface area contributed by atoms with Crippen LogP contribution in [0.5, 0.6) is 11.5 Å². The second-order valence-corrected chi connectivity index (χ2v) is 5.89. The van der Waals surface area contributed by atoms with Gasteiger partial charge in [0.15, 0.2) is 11.5 Å². The Bertz CT molecular complexity index is 930. The van der Waals surface area contributed by atoms with Crippen molar-refractivity contribution in [3.63, 3.8) is 0 Å². The Morgan fingerprint density at radius 1 is 1.00 bits per heavy atom. The summed E-state index contributed by atoms with van der Waals surface area (Å²) in [5, 5.41) is 0.683. The minimum absolute atomic E-state index is 0.253. The predicted octanol–water partition coefficient (Wildman–Crippen LogP) is 5.39. The molecule has 2 heterocycles. The van der Waals surface area contributed by atoms with Gasteiger partial charge in [-0.15, -0.1) is 0 Å². The van der Waals surface area contributed by atoms with Gasteiger partial charge in [0.25, 0.3) is 0 Å². The van der Waals surface area contributed by atoms with Crippen LogP contribution in [0.4, 0.5) is 5.69 Å². The molecular formula is C19H14ClNO3. The van der Waals surface area contributed by atoms with E-state index in [0.29, 0.717) is 16.5 Å². The molecule has 0 N–H and O–H groups in total. The van der Waals surface area contributed by atoms with Crippen LogP contribution in [0, 0.1) is 6.92 Å². The molecule has 0 saturated carbocycles. The average Bonchev–Trinajstić information content (AvgIpc) is 3.23. The molecule has 0 bridgehead atoms. The summed E-state index contributed by atoms with van der Waals surface area (Å²) in [7, 11) is 0. The number of rotatable bonds is 3. The third kappa shape index (κ3) is 2.88. The van der Waals surface area contributed by atoms with Gasteiger partial charge in [-0.1, -0.05) is 17.7 Å². The molecule has 120 valence electrons. The first-order valence-electron chi connectivity index (χ1n) is 7.49. The number of aliphatic imine (C=N–C) groups is 1. The van der Waals surface area contributed by atoms with Crippen molar-refractivity contribution in [2.45, 2.75) is 6.92 Å². The van der Waals surface area contributed by atoms with Crippen molar-refractivity contribution < 1.29 is 13.9 Å². The number of aryl methyl sites for hydroxylation is 1. The van der Waals surface area contributed by atoms with Gasteiger partial charge in [0.1, 0.15) is 11.5 Å². The van der Waals surface area contributed by atoms with E-state index in [2.05, 4.69) is 4.99 Å². The number of nitrogens with zero attached hydrogens (tertiary/aromatic N) is 1. The van der Waals surface area contributed by atoms with E-state index in [1.54, 1.807) is 6.21 Å². The molecule has 24 heavy (non-hydrogen) atoms. The number of ether oxygens (including phenoxy) is 2. The molecular weight excluding hydrogens is 326 g/mol. The number of hydrogen-bond donors (Lipinski definition) is 0. The van der Waals surface area contributed by atoms with Crippen molar-refractivity contribution in [3.8, 4) is 22.8 Å². The van der Waals surface area contributed by atoms with E-state index in [9.17, 15) is 0 Å². The van der Waals surface area contributed by atoms with Gasteiger partial charge in [0, 0.05) is 16.7 Å². The molecule has 1 aliphatic rings. The first-order valence-corrected chi connectivity index (χ1v) is 7.87. The summed E-state index contributed by atoms with van der Waals surface area (Å²) in [6.45, 7) is 2.28. The zero-order valence-corrected chi connectivity index (χ0v) is 13.7. The third-order valence-corrected chi connectivity index (χ3v) is 4.02. The van der Waals surface area contributed by atoms with Crippen LogP contribution in [-0.4, -0.2) is 13.0 Å². The van der Waals surface area contributed by atoms with Crippen LogP contribution >= 0.6 is 11.6 Å². The maximum absolute atomic E-state index is 6.07. The molecule has 0 radical (unpaired) electrons. The molecule has 0 aliphatic carbocycles. The van der Waals surface area contributed by atoms with Crippen LogP contribution < -0.4 is 9.47 Å². The summed E-state index contributed by atoms with van der Waals surface area (Å²) in [5.41, 5.74) is 2.86. The normalized spacial score (nSPS) is 12.9. The molecule has 1 aliphatic heterocycles. The highest BCUT2D eigenvalue weighted by Crippen LogP contribution is 2.35. The zero-order valence-electron chi connectivity index (χ0n) is 13.0. The maximum Gasteiger partial charge on any atom is 0.231 e. The maximum atomic E-state index is 6.07. The first kappa shape index (κ1) is 14.8. The number of halogens is 1. The molecule has 0 fully saturated rings. The van der Waals surface area contributed by atoms with Crippen LogP contribution in [0.2, 0.25) is 5.02 Å². The van der Waals surface area contributed by atoms with Gasteiger partial charge < -0.3 is 13.9 Å². The molecule has 0 atom stereocenters. The lowest BCUT2D eigenvalue weighted by atomic mass is 10.1. The highest BCUT2D eigenvalue weighted by atomic mass is 35.5. The van der Waals surface area contributed by atoms with E-state index < -0.39 is 0 Å². The molecule has 2 aromatic carbocycles. The Kier molecular flexibility index (Phi) is 3.75. The number of hydrogen-bond acceptors (Lipinski definition) is 4. The Morgan fingerprint density at radius 2 is 1.88 bits per heavy atom. The summed E-state index contributed by atoms with van der Waals surface area (Å²) in [6.07, 6.45) is 1.68. The highest BCUT2D eigenvalue weighted by molar-refractivity contribution is 6.30. The van der Waals surface area contributed by atoms with Crippen molar-refractivity contribution in [1.82, 2.24) is 0 Å². The van der Waals surface area contributed by atoms with Crippen molar-refractivity contribution in [3.05, 3.63) is 64.9 Å². The fourth-order valence-electron chi connectivity index (χ4n) is 2.53. The van der Waals surface area contributed by atoms with E-state index in [-0.39, 0.29) is 6.79 Å². The Balaban J connectivity index is 1.58. The van der Waals surface area contributed by atoms with E-state index in [4.69, 9.17) is 25.5 Å². The fourth-order valence-corrected chi connectivity index (χ4v) is 2.70. The third-order valence-electron chi connectivity index (χ3n) is 3.79. The zero-order chi connectivity index (χ0) is 16.5. The van der Waals surface area contributed by atoms with Gasteiger partial charge in [-0.3, -0.25) is 4.99 Å². The highest BCUT2D eigenvalue weighted by Gasteiger charge is 2.13. The van der Waals surface area contributed by atoms with Crippen molar-refractivity contribution in [2.75, 3.05) is 6.79 Å². The van der Waals surface area contributed by atoms with Gasteiger partial charge in [0.05, 0.1) is 11.9 Å². The summed E-state index contributed by atoms with van der Waals surface area (Å²) >= 11 is 6.07. The summed E-state index contributed by atoms with van der Waals surface area (Å²) in [5.74, 6) is 2.88. The standard InChI is InChI=1S/C19H14ClNO3/c1-12-2-3-13(20)8-16(12)17-7-5-15(24-17)10-21-14-4-6-18-19(9-14)23-11-22-18/h2-10H,11H2,1H3.